The first-order valence-corrected chi connectivity index (χ1v) is 4.01. The lowest BCUT2D eigenvalue weighted by molar-refractivity contribution is 0.215. The maximum Gasteiger partial charge on any atom is 0.343 e. The average Bonchev–Trinajstić information content (AvgIpc) is 2.76. The summed E-state index contributed by atoms with van der Waals surface area (Å²) in [6, 6.07) is 0. The predicted octanol–water partition coefficient (Wildman–Crippen LogP) is 1.91. The van der Waals surface area contributed by atoms with Gasteiger partial charge in [-0.25, -0.2) is 0 Å². The first-order chi connectivity index (χ1) is 5.75. The number of aromatic nitrogens is 1. The Morgan fingerprint density at radius 2 is 2.42 bits per heavy atom. The highest BCUT2D eigenvalue weighted by atomic mass is 19.1. The first kappa shape index (κ1) is 7.58. The monoisotopic (exact) mass is 171 g/mol. The zero-order chi connectivity index (χ0) is 8.55. The number of nitrogens with zero attached hydrogens (tertiary/aromatic N) is 1. The second kappa shape index (κ2) is 2.77. The van der Waals surface area contributed by atoms with E-state index in [4.69, 9.17) is 9.15 Å². The van der Waals surface area contributed by atoms with Gasteiger partial charge in [0.15, 0.2) is 5.89 Å². The van der Waals surface area contributed by atoms with Gasteiger partial charge in [0, 0.05) is 6.92 Å². The van der Waals surface area contributed by atoms with Crippen LogP contribution in [0.3, 0.4) is 0 Å². The Hall–Kier alpha value is -1.06. The van der Waals surface area contributed by atoms with Crippen LogP contribution in [0.15, 0.2) is 4.42 Å². The molecule has 1 saturated carbocycles. The van der Waals surface area contributed by atoms with E-state index in [0.29, 0.717) is 18.4 Å². The van der Waals surface area contributed by atoms with Crippen LogP contribution >= 0.6 is 0 Å². The Labute approximate surface area is 69.5 Å². The summed E-state index contributed by atoms with van der Waals surface area (Å²) in [6.07, 6.45) is 2.35. The molecule has 0 unspecified atom stereocenters. The largest absolute Gasteiger partial charge is 0.462 e. The Kier molecular flexibility index (Phi) is 1.75. The van der Waals surface area contributed by atoms with E-state index in [1.807, 2.05) is 0 Å². The molecule has 0 amide bonds. The minimum Gasteiger partial charge on any atom is -0.462 e. The van der Waals surface area contributed by atoms with Crippen LogP contribution in [0.2, 0.25) is 0 Å². The van der Waals surface area contributed by atoms with Crippen molar-refractivity contribution < 1.29 is 13.5 Å². The molecule has 3 nitrogen and oxygen atoms in total. The summed E-state index contributed by atoms with van der Waals surface area (Å²) in [4.78, 5) is 3.45. The molecule has 0 aromatic carbocycles. The molecule has 1 aliphatic carbocycles. The first-order valence-electron chi connectivity index (χ1n) is 4.01. The SMILES string of the molecule is Cc1nc(F)c(OCC2CC2)o1. The third-order valence-electron chi connectivity index (χ3n) is 1.81. The maximum atomic E-state index is 12.8. The van der Waals surface area contributed by atoms with Crippen molar-refractivity contribution >= 4 is 0 Å². The molecule has 1 aromatic rings. The Morgan fingerprint density at radius 3 is 2.92 bits per heavy atom. The molecule has 1 aliphatic rings. The summed E-state index contributed by atoms with van der Waals surface area (Å²) >= 11 is 0. The smallest absolute Gasteiger partial charge is 0.343 e. The van der Waals surface area contributed by atoms with Crippen molar-refractivity contribution in [3.63, 3.8) is 0 Å². The van der Waals surface area contributed by atoms with Crippen LogP contribution in [0.4, 0.5) is 4.39 Å². The molecule has 1 heterocycles. The van der Waals surface area contributed by atoms with Crippen LogP contribution in [-0.4, -0.2) is 11.6 Å². The van der Waals surface area contributed by atoms with Gasteiger partial charge in [0.05, 0.1) is 6.61 Å². The van der Waals surface area contributed by atoms with Crippen LogP contribution < -0.4 is 4.74 Å². The predicted molar refractivity (Wildman–Crippen MR) is 39.4 cm³/mol. The fourth-order valence-corrected chi connectivity index (χ4v) is 0.950. The van der Waals surface area contributed by atoms with E-state index >= 15 is 0 Å². The third-order valence-corrected chi connectivity index (χ3v) is 1.81. The molecule has 0 N–H and O–H groups in total. The molecule has 4 heteroatoms. The van der Waals surface area contributed by atoms with Gasteiger partial charge in [0.1, 0.15) is 0 Å². The van der Waals surface area contributed by atoms with Crippen molar-refractivity contribution in [2.45, 2.75) is 19.8 Å². The molecule has 2 rings (SSSR count). The molecule has 12 heavy (non-hydrogen) atoms. The van der Waals surface area contributed by atoms with E-state index in [2.05, 4.69) is 4.98 Å². The third kappa shape index (κ3) is 1.57. The fraction of sp³-hybridized carbons (Fsp3) is 0.625. The summed E-state index contributed by atoms with van der Waals surface area (Å²) < 4.78 is 22.7. The average molecular weight is 171 g/mol. The lowest BCUT2D eigenvalue weighted by Crippen LogP contribution is -1.99. The molecule has 0 bridgehead atoms. The summed E-state index contributed by atoms with van der Waals surface area (Å²) in [6.45, 7) is 2.14. The van der Waals surface area contributed by atoms with E-state index < -0.39 is 5.95 Å². The van der Waals surface area contributed by atoms with Crippen molar-refractivity contribution in [1.29, 1.82) is 0 Å². The zero-order valence-corrected chi connectivity index (χ0v) is 6.84. The number of hydrogen-bond acceptors (Lipinski definition) is 3. The number of halogens is 1. The molecule has 66 valence electrons. The molecule has 0 saturated heterocycles. The Bertz CT molecular complexity index is 281. The number of rotatable bonds is 3. The lowest BCUT2D eigenvalue weighted by atomic mass is 10.5. The normalized spacial score (nSPS) is 16.5. The van der Waals surface area contributed by atoms with Gasteiger partial charge in [-0.3, -0.25) is 0 Å². The summed E-state index contributed by atoms with van der Waals surface area (Å²) in [7, 11) is 0. The van der Waals surface area contributed by atoms with E-state index in [1.165, 1.54) is 12.8 Å². The van der Waals surface area contributed by atoms with Crippen LogP contribution in [0.1, 0.15) is 18.7 Å². The van der Waals surface area contributed by atoms with E-state index in [1.54, 1.807) is 6.92 Å². The van der Waals surface area contributed by atoms with Crippen molar-refractivity contribution in [3.05, 3.63) is 11.8 Å². The highest BCUT2D eigenvalue weighted by Gasteiger charge is 2.23. The van der Waals surface area contributed by atoms with Crippen LogP contribution in [0, 0.1) is 18.8 Å². The van der Waals surface area contributed by atoms with Gasteiger partial charge < -0.3 is 9.15 Å². The summed E-state index contributed by atoms with van der Waals surface area (Å²) in [5, 5.41) is 0. The van der Waals surface area contributed by atoms with E-state index in [0.717, 1.165) is 0 Å². The van der Waals surface area contributed by atoms with Gasteiger partial charge in [-0.05, 0) is 18.8 Å². The summed E-state index contributed by atoms with van der Waals surface area (Å²) in [5.41, 5.74) is 0. The number of hydrogen-bond donors (Lipinski definition) is 0. The number of ether oxygens (including phenoxy) is 1. The zero-order valence-electron chi connectivity index (χ0n) is 6.84. The van der Waals surface area contributed by atoms with Gasteiger partial charge in [-0.2, -0.15) is 9.37 Å². The van der Waals surface area contributed by atoms with Gasteiger partial charge in [-0.15, -0.1) is 0 Å². The fourth-order valence-electron chi connectivity index (χ4n) is 0.950. The molecule has 1 aromatic heterocycles. The molecule has 0 aliphatic heterocycles. The van der Waals surface area contributed by atoms with Gasteiger partial charge in [0.25, 0.3) is 5.95 Å². The minimum absolute atomic E-state index is 0.0700. The molecule has 0 spiro atoms. The van der Waals surface area contributed by atoms with Crippen LogP contribution in [-0.2, 0) is 0 Å². The molecule has 0 atom stereocenters. The van der Waals surface area contributed by atoms with Crippen molar-refractivity contribution in [1.82, 2.24) is 4.98 Å². The minimum atomic E-state index is -0.645. The van der Waals surface area contributed by atoms with E-state index in [9.17, 15) is 4.39 Å². The second-order valence-corrected chi connectivity index (χ2v) is 3.07. The Balaban J connectivity index is 1.96. The number of aryl methyl sites for hydroxylation is 1. The second-order valence-electron chi connectivity index (χ2n) is 3.07. The quantitative estimate of drug-likeness (QED) is 0.696. The van der Waals surface area contributed by atoms with Crippen molar-refractivity contribution in [2.75, 3.05) is 6.61 Å². The Morgan fingerprint density at radius 1 is 1.67 bits per heavy atom. The van der Waals surface area contributed by atoms with Crippen molar-refractivity contribution in [3.8, 4) is 5.95 Å². The highest BCUT2D eigenvalue weighted by Crippen LogP contribution is 2.30. The van der Waals surface area contributed by atoms with Gasteiger partial charge in [0.2, 0.25) is 0 Å². The highest BCUT2D eigenvalue weighted by molar-refractivity contribution is 5.02. The van der Waals surface area contributed by atoms with Gasteiger partial charge in [-0.1, -0.05) is 0 Å². The molecular weight excluding hydrogens is 161 g/mol. The van der Waals surface area contributed by atoms with Crippen molar-refractivity contribution in [2.24, 2.45) is 5.92 Å². The van der Waals surface area contributed by atoms with Crippen LogP contribution in [0.25, 0.3) is 0 Å². The lowest BCUT2D eigenvalue weighted by Gasteiger charge is -1.98. The maximum absolute atomic E-state index is 12.8. The standard InChI is InChI=1S/C8H10FNO2/c1-5-10-7(9)8(12-5)11-4-6-2-3-6/h6H,2-4H2,1H3. The number of oxazole rings is 1. The molecule has 1 fully saturated rings. The van der Waals surface area contributed by atoms with Crippen LogP contribution in [0.5, 0.6) is 5.95 Å². The topological polar surface area (TPSA) is 35.3 Å². The van der Waals surface area contributed by atoms with Gasteiger partial charge >= 0.3 is 5.95 Å². The van der Waals surface area contributed by atoms with E-state index in [-0.39, 0.29) is 5.95 Å². The molecular formula is C8H10FNO2. The molecule has 0 radical (unpaired) electrons. The summed E-state index contributed by atoms with van der Waals surface area (Å²) in [5.74, 6) is 0.181.